The number of hydrogen-bond donors (Lipinski definition) is 1. The highest BCUT2D eigenvalue weighted by molar-refractivity contribution is 6.33. The van der Waals surface area contributed by atoms with Crippen LogP contribution in [0.25, 0.3) is 0 Å². The zero-order valence-electron chi connectivity index (χ0n) is 18.9. The van der Waals surface area contributed by atoms with Crippen LogP contribution in [0.2, 0.25) is 0 Å². The van der Waals surface area contributed by atoms with E-state index in [1.807, 2.05) is 18.2 Å². The fourth-order valence-corrected chi connectivity index (χ4v) is 5.31. The van der Waals surface area contributed by atoms with Gasteiger partial charge in [-0.2, -0.15) is 0 Å². The lowest BCUT2D eigenvalue weighted by Crippen LogP contribution is -2.26. The summed E-state index contributed by atoms with van der Waals surface area (Å²) in [7, 11) is 7.96. The second-order valence-electron chi connectivity index (χ2n) is 10.2. The summed E-state index contributed by atoms with van der Waals surface area (Å²) >= 11 is 0. The largest absolute Gasteiger partial charge is 0.489 e. The summed E-state index contributed by atoms with van der Waals surface area (Å²) in [6.07, 6.45) is 3.65. The Hall–Kier alpha value is -2.27. The minimum absolute atomic E-state index is 0.0832. The van der Waals surface area contributed by atoms with Crippen LogP contribution in [0.3, 0.4) is 0 Å². The first kappa shape index (κ1) is 21.9. The third-order valence-corrected chi connectivity index (χ3v) is 6.92. The number of rotatable bonds is 6. The predicted molar refractivity (Wildman–Crippen MR) is 122 cm³/mol. The maximum Gasteiger partial charge on any atom is 0.307 e. The number of fused-ring (bicyclic) bond motifs is 2. The summed E-state index contributed by atoms with van der Waals surface area (Å²) in [5.41, 5.74) is 4.89. The van der Waals surface area contributed by atoms with Crippen molar-refractivity contribution in [1.29, 1.82) is 0 Å². The van der Waals surface area contributed by atoms with Crippen molar-refractivity contribution in [3.05, 3.63) is 58.7 Å². The molecule has 1 unspecified atom stereocenters. The topological polar surface area (TPSA) is 55.8 Å². The van der Waals surface area contributed by atoms with Crippen LogP contribution in [-0.2, 0) is 28.0 Å². The molecule has 2 radical (unpaired) electrons. The molecule has 2 aliphatic carbocycles. The summed E-state index contributed by atoms with van der Waals surface area (Å²) in [5, 5.41) is 9.54. The van der Waals surface area contributed by atoms with E-state index in [-0.39, 0.29) is 22.9 Å². The van der Waals surface area contributed by atoms with E-state index in [0.29, 0.717) is 6.61 Å². The molecule has 0 heterocycles. The highest BCUT2D eigenvalue weighted by Crippen LogP contribution is 2.60. The molecule has 0 aromatic heterocycles. The Kier molecular flexibility index (Phi) is 5.67. The number of ether oxygens (including phenoxy) is 2. The van der Waals surface area contributed by atoms with Gasteiger partial charge in [0.2, 0.25) is 0 Å². The van der Waals surface area contributed by atoms with E-state index in [2.05, 4.69) is 39.0 Å². The lowest BCUT2D eigenvalue weighted by Gasteiger charge is -2.31. The zero-order chi connectivity index (χ0) is 22.4. The van der Waals surface area contributed by atoms with E-state index >= 15 is 0 Å². The molecule has 2 aromatic rings. The summed E-state index contributed by atoms with van der Waals surface area (Å²) in [5.74, 6) is -0.154. The van der Waals surface area contributed by atoms with E-state index < -0.39 is 5.97 Å². The number of aliphatic carboxylic acids is 1. The Morgan fingerprint density at radius 3 is 2.68 bits per heavy atom. The Morgan fingerprint density at radius 2 is 2.03 bits per heavy atom. The summed E-state index contributed by atoms with van der Waals surface area (Å²) in [4.78, 5) is 11.6. The van der Waals surface area contributed by atoms with Gasteiger partial charge in [-0.25, -0.2) is 0 Å². The van der Waals surface area contributed by atoms with Crippen molar-refractivity contribution in [2.45, 2.75) is 64.6 Å². The molecule has 5 heteroatoms. The lowest BCUT2D eigenvalue weighted by atomic mass is 9.78. The van der Waals surface area contributed by atoms with Gasteiger partial charge in [-0.05, 0) is 65.5 Å². The van der Waals surface area contributed by atoms with E-state index in [0.717, 1.165) is 48.0 Å². The lowest BCUT2D eigenvalue weighted by molar-refractivity contribution is -0.139. The van der Waals surface area contributed by atoms with Crippen LogP contribution in [-0.4, -0.2) is 26.0 Å². The van der Waals surface area contributed by atoms with Crippen molar-refractivity contribution in [2.24, 2.45) is 11.3 Å². The van der Waals surface area contributed by atoms with Crippen molar-refractivity contribution in [2.75, 3.05) is 7.11 Å². The van der Waals surface area contributed by atoms with Crippen molar-refractivity contribution in [3.63, 3.8) is 0 Å². The van der Waals surface area contributed by atoms with Crippen LogP contribution < -0.4 is 10.2 Å². The number of benzene rings is 2. The molecule has 4 nitrogen and oxygen atoms in total. The molecule has 3 atom stereocenters. The average Bonchev–Trinajstić information content (AvgIpc) is 3.43. The number of carbonyl (C=O) groups is 1. The Bertz CT molecular complexity index is 993. The number of carboxylic acid groups (broad SMARTS) is 1. The second-order valence-corrected chi connectivity index (χ2v) is 10.2. The summed E-state index contributed by atoms with van der Waals surface area (Å²) in [6, 6.07) is 12.1. The molecule has 1 saturated carbocycles. The molecule has 2 aliphatic rings. The quantitative estimate of drug-likeness (QED) is 0.704. The third kappa shape index (κ3) is 4.12. The first-order valence-electron chi connectivity index (χ1n) is 11.1. The first-order chi connectivity index (χ1) is 14.7. The molecule has 0 saturated heterocycles. The van der Waals surface area contributed by atoms with Crippen LogP contribution in [0.5, 0.6) is 5.75 Å². The Labute approximate surface area is 186 Å². The predicted octanol–water partition coefficient (Wildman–Crippen LogP) is 4.47. The van der Waals surface area contributed by atoms with Crippen molar-refractivity contribution >= 4 is 19.3 Å². The highest BCUT2D eigenvalue weighted by atomic mass is 16.5. The smallest absolute Gasteiger partial charge is 0.307 e. The van der Waals surface area contributed by atoms with E-state index in [9.17, 15) is 9.90 Å². The summed E-state index contributed by atoms with van der Waals surface area (Å²) < 4.78 is 11.9. The normalized spacial score (nSPS) is 23.3. The number of carboxylic acids is 1. The number of methoxy groups -OCH3 is 1. The molecule has 1 spiro atoms. The van der Waals surface area contributed by atoms with Gasteiger partial charge >= 0.3 is 5.97 Å². The number of hydrogen-bond acceptors (Lipinski definition) is 3. The van der Waals surface area contributed by atoms with Gasteiger partial charge in [-0.1, -0.05) is 50.5 Å². The van der Waals surface area contributed by atoms with Gasteiger partial charge in [0.05, 0.1) is 12.0 Å². The maximum absolute atomic E-state index is 11.6. The van der Waals surface area contributed by atoms with Crippen LogP contribution in [0, 0.1) is 11.3 Å². The van der Waals surface area contributed by atoms with Crippen LogP contribution in [0.4, 0.5) is 0 Å². The van der Waals surface area contributed by atoms with Gasteiger partial charge in [0, 0.05) is 12.5 Å². The molecular weight excluding hydrogens is 387 g/mol. The minimum Gasteiger partial charge on any atom is -0.489 e. The molecular formula is C26H31BO4. The molecule has 162 valence electrons. The second kappa shape index (κ2) is 8.01. The molecule has 0 amide bonds. The van der Waals surface area contributed by atoms with Crippen LogP contribution >= 0.6 is 0 Å². The fourth-order valence-electron chi connectivity index (χ4n) is 5.31. The van der Waals surface area contributed by atoms with Crippen molar-refractivity contribution in [3.8, 4) is 5.75 Å². The van der Waals surface area contributed by atoms with Gasteiger partial charge < -0.3 is 14.6 Å². The highest BCUT2D eigenvalue weighted by Gasteiger charge is 2.60. The zero-order valence-corrected chi connectivity index (χ0v) is 18.9. The third-order valence-electron chi connectivity index (χ3n) is 6.92. The molecule has 0 aliphatic heterocycles. The maximum atomic E-state index is 11.6. The van der Waals surface area contributed by atoms with Crippen LogP contribution in [0.15, 0.2) is 36.4 Å². The molecule has 2 aromatic carbocycles. The van der Waals surface area contributed by atoms with Gasteiger partial charge in [0.1, 0.15) is 20.2 Å². The fraction of sp³-hybridized carbons (Fsp3) is 0.500. The Morgan fingerprint density at radius 1 is 1.26 bits per heavy atom. The molecule has 0 bridgehead atoms. The first-order valence-corrected chi connectivity index (χ1v) is 11.1. The SMILES string of the molecule is [B]c1ccc(COc2ccc3c(c2)[C@]2(CCC3)CC2C(=O)O)cc1[C@@H](OC)C(C)(C)C. The summed E-state index contributed by atoms with van der Waals surface area (Å²) in [6.45, 7) is 6.82. The van der Waals surface area contributed by atoms with Crippen LogP contribution in [0.1, 0.15) is 68.4 Å². The molecule has 1 N–H and O–H groups in total. The number of aryl methyl sites for hydroxylation is 1. The molecule has 31 heavy (non-hydrogen) atoms. The standard InChI is InChI=1S/C26H31BO4/c1-25(2,3)23(30-4)19-12-16(7-10-22(19)27)15-31-18-9-8-17-6-5-11-26(20(17)13-18)14-21(26)24(28)29/h7-10,12-13,21,23H,5-6,11,14-15H2,1-4H3,(H,28,29)/t21?,23-,26+/m1/s1. The minimum atomic E-state index is -0.680. The molecule has 4 rings (SSSR count). The van der Waals surface area contributed by atoms with E-state index in [1.165, 1.54) is 11.1 Å². The van der Waals surface area contributed by atoms with Gasteiger partial charge in [-0.15, -0.1) is 0 Å². The van der Waals surface area contributed by atoms with E-state index in [4.69, 9.17) is 17.3 Å². The average molecular weight is 418 g/mol. The van der Waals surface area contributed by atoms with Crippen molar-refractivity contribution in [1.82, 2.24) is 0 Å². The molecule has 1 fully saturated rings. The van der Waals surface area contributed by atoms with E-state index in [1.54, 1.807) is 7.11 Å². The van der Waals surface area contributed by atoms with Crippen molar-refractivity contribution < 1.29 is 19.4 Å². The Balaban J connectivity index is 1.54. The van der Waals surface area contributed by atoms with Gasteiger partial charge in [0.25, 0.3) is 0 Å². The van der Waals surface area contributed by atoms with Gasteiger partial charge in [0.15, 0.2) is 0 Å². The monoisotopic (exact) mass is 418 g/mol. The van der Waals surface area contributed by atoms with Gasteiger partial charge in [-0.3, -0.25) is 4.79 Å².